The minimum absolute atomic E-state index is 0.325. The quantitative estimate of drug-likeness (QED) is 0.624. The number of anilines is 1. The molecule has 0 aliphatic heterocycles. The van der Waals surface area contributed by atoms with E-state index in [2.05, 4.69) is 22.3 Å². The van der Waals surface area contributed by atoms with Gasteiger partial charge in [-0.05, 0) is 37.1 Å². The van der Waals surface area contributed by atoms with Crippen LogP contribution in [-0.2, 0) is 0 Å². The SMILES string of the molecule is Cc1ccc(Oc2ccnc(NN)n2)cc1C. The molecule has 3 N–H and O–H groups in total. The van der Waals surface area contributed by atoms with Gasteiger partial charge in [0.05, 0.1) is 0 Å². The van der Waals surface area contributed by atoms with Crippen molar-refractivity contribution >= 4 is 5.95 Å². The normalized spacial score (nSPS) is 10.1. The Bertz CT molecular complexity index is 528. The van der Waals surface area contributed by atoms with Gasteiger partial charge in [-0.25, -0.2) is 10.8 Å². The average Bonchev–Trinajstić information content (AvgIpc) is 2.34. The zero-order chi connectivity index (χ0) is 12.3. The Balaban J connectivity index is 2.22. The first-order valence-corrected chi connectivity index (χ1v) is 5.24. The highest BCUT2D eigenvalue weighted by Crippen LogP contribution is 2.22. The van der Waals surface area contributed by atoms with Crippen molar-refractivity contribution in [2.24, 2.45) is 5.84 Å². The van der Waals surface area contributed by atoms with E-state index >= 15 is 0 Å². The van der Waals surface area contributed by atoms with Crippen LogP contribution in [0.2, 0.25) is 0 Å². The summed E-state index contributed by atoms with van der Waals surface area (Å²) in [6, 6.07) is 7.55. The molecule has 88 valence electrons. The molecule has 5 heteroatoms. The lowest BCUT2D eigenvalue weighted by Gasteiger charge is -2.07. The van der Waals surface area contributed by atoms with Crippen molar-refractivity contribution in [1.82, 2.24) is 9.97 Å². The molecule has 0 bridgehead atoms. The molecule has 1 aromatic carbocycles. The number of aryl methyl sites for hydroxylation is 2. The maximum Gasteiger partial charge on any atom is 0.240 e. The third kappa shape index (κ3) is 2.70. The van der Waals surface area contributed by atoms with Crippen molar-refractivity contribution in [3.8, 4) is 11.6 Å². The summed E-state index contributed by atoms with van der Waals surface area (Å²) in [6.45, 7) is 4.09. The van der Waals surface area contributed by atoms with Crippen molar-refractivity contribution in [3.63, 3.8) is 0 Å². The number of hydrogen-bond donors (Lipinski definition) is 2. The largest absolute Gasteiger partial charge is 0.439 e. The Morgan fingerprint density at radius 1 is 1.18 bits per heavy atom. The predicted molar refractivity (Wildman–Crippen MR) is 65.8 cm³/mol. The zero-order valence-electron chi connectivity index (χ0n) is 9.77. The van der Waals surface area contributed by atoms with Crippen molar-refractivity contribution in [1.29, 1.82) is 0 Å². The van der Waals surface area contributed by atoms with E-state index < -0.39 is 0 Å². The van der Waals surface area contributed by atoms with E-state index in [9.17, 15) is 0 Å². The second kappa shape index (κ2) is 4.80. The van der Waals surface area contributed by atoms with Gasteiger partial charge in [-0.1, -0.05) is 6.07 Å². The molecule has 0 saturated carbocycles. The van der Waals surface area contributed by atoms with E-state index in [0.717, 1.165) is 5.75 Å². The minimum Gasteiger partial charge on any atom is -0.439 e. The maximum absolute atomic E-state index is 5.61. The predicted octanol–water partition coefficient (Wildman–Crippen LogP) is 2.17. The summed E-state index contributed by atoms with van der Waals surface area (Å²) in [7, 11) is 0. The molecule has 0 atom stereocenters. The Morgan fingerprint density at radius 3 is 2.71 bits per heavy atom. The lowest BCUT2D eigenvalue weighted by Crippen LogP contribution is -2.10. The molecule has 0 amide bonds. The standard InChI is InChI=1S/C12H14N4O/c1-8-3-4-10(7-9(8)2)17-11-5-6-14-12(15-11)16-13/h3-7H,13H2,1-2H3,(H,14,15,16). The number of aromatic nitrogens is 2. The molecule has 2 rings (SSSR count). The fourth-order valence-corrected chi connectivity index (χ4v) is 1.37. The smallest absolute Gasteiger partial charge is 0.240 e. The molecule has 0 fully saturated rings. The van der Waals surface area contributed by atoms with E-state index in [4.69, 9.17) is 10.6 Å². The zero-order valence-corrected chi connectivity index (χ0v) is 9.77. The van der Waals surface area contributed by atoms with Crippen LogP contribution >= 0.6 is 0 Å². The van der Waals surface area contributed by atoms with Crippen LogP contribution in [0.5, 0.6) is 11.6 Å². The van der Waals surface area contributed by atoms with Gasteiger partial charge in [-0.15, -0.1) is 0 Å². The molecule has 0 aliphatic rings. The highest BCUT2D eigenvalue weighted by atomic mass is 16.5. The highest BCUT2D eigenvalue weighted by Gasteiger charge is 2.02. The molecule has 0 radical (unpaired) electrons. The molecular formula is C12H14N4O. The second-order valence-electron chi connectivity index (χ2n) is 3.71. The van der Waals surface area contributed by atoms with Crippen molar-refractivity contribution in [2.75, 3.05) is 5.43 Å². The number of hydrogen-bond acceptors (Lipinski definition) is 5. The number of nitrogen functional groups attached to an aromatic ring is 1. The Labute approximate surface area is 99.6 Å². The molecule has 0 unspecified atom stereocenters. The fourth-order valence-electron chi connectivity index (χ4n) is 1.37. The van der Waals surface area contributed by atoms with E-state index in [1.54, 1.807) is 12.3 Å². The van der Waals surface area contributed by atoms with E-state index in [-0.39, 0.29) is 0 Å². The van der Waals surface area contributed by atoms with Crippen LogP contribution in [0.25, 0.3) is 0 Å². The van der Waals surface area contributed by atoms with Gasteiger partial charge in [0.25, 0.3) is 0 Å². The van der Waals surface area contributed by atoms with Gasteiger partial charge in [0.15, 0.2) is 0 Å². The summed E-state index contributed by atoms with van der Waals surface area (Å²) >= 11 is 0. The first-order valence-electron chi connectivity index (χ1n) is 5.24. The van der Waals surface area contributed by atoms with Gasteiger partial charge in [0, 0.05) is 12.3 Å². The Morgan fingerprint density at radius 2 is 2.00 bits per heavy atom. The first kappa shape index (κ1) is 11.3. The summed E-state index contributed by atoms with van der Waals surface area (Å²) in [5, 5.41) is 0. The van der Waals surface area contributed by atoms with Gasteiger partial charge in [0.1, 0.15) is 5.75 Å². The number of ether oxygens (including phenoxy) is 1. The third-order valence-electron chi connectivity index (χ3n) is 2.46. The number of nitrogens with one attached hydrogen (secondary N) is 1. The van der Waals surface area contributed by atoms with E-state index in [1.165, 1.54) is 11.1 Å². The van der Waals surface area contributed by atoms with Crippen LogP contribution in [0.4, 0.5) is 5.95 Å². The Kier molecular flexibility index (Phi) is 3.20. The van der Waals surface area contributed by atoms with Gasteiger partial charge < -0.3 is 4.74 Å². The summed E-state index contributed by atoms with van der Waals surface area (Å²) in [4.78, 5) is 7.97. The fraction of sp³-hybridized carbons (Fsp3) is 0.167. The molecule has 1 heterocycles. The number of nitrogens with zero attached hydrogens (tertiary/aromatic N) is 2. The van der Waals surface area contributed by atoms with E-state index in [0.29, 0.717) is 11.8 Å². The van der Waals surface area contributed by atoms with Crippen LogP contribution in [0, 0.1) is 13.8 Å². The van der Waals surface area contributed by atoms with Crippen LogP contribution in [0.3, 0.4) is 0 Å². The highest BCUT2D eigenvalue weighted by molar-refractivity contribution is 5.36. The van der Waals surface area contributed by atoms with Crippen LogP contribution in [0.15, 0.2) is 30.5 Å². The lowest BCUT2D eigenvalue weighted by atomic mass is 10.1. The lowest BCUT2D eigenvalue weighted by molar-refractivity contribution is 0.462. The van der Waals surface area contributed by atoms with Crippen LogP contribution in [-0.4, -0.2) is 9.97 Å². The summed E-state index contributed by atoms with van der Waals surface area (Å²) in [5.74, 6) is 6.75. The average molecular weight is 230 g/mol. The molecule has 1 aromatic heterocycles. The molecule has 17 heavy (non-hydrogen) atoms. The molecule has 2 aromatic rings. The number of hydrazine groups is 1. The second-order valence-corrected chi connectivity index (χ2v) is 3.71. The van der Waals surface area contributed by atoms with Crippen molar-refractivity contribution in [2.45, 2.75) is 13.8 Å². The Hall–Kier alpha value is -2.14. The summed E-state index contributed by atoms with van der Waals surface area (Å²) in [5.41, 5.74) is 4.77. The van der Waals surface area contributed by atoms with Crippen molar-refractivity contribution in [3.05, 3.63) is 41.6 Å². The first-order chi connectivity index (χ1) is 8.19. The van der Waals surface area contributed by atoms with Crippen molar-refractivity contribution < 1.29 is 4.74 Å². The molecule has 5 nitrogen and oxygen atoms in total. The topological polar surface area (TPSA) is 73.1 Å². The third-order valence-corrected chi connectivity index (χ3v) is 2.46. The molecule has 0 spiro atoms. The van der Waals surface area contributed by atoms with Gasteiger partial charge in [0.2, 0.25) is 11.8 Å². The molecule has 0 saturated heterocycles. The molecular weight excluding hydrogens is 216 g/mol. The van der Waals surface area contributed by atoms with Crippen LogP contribution in [0.1, 0.15) is 11.1 Å². The minimum atomic E-state index is 0.325. The summed E-state index contributed by atoms with van der Waals surface area (Å²) in [6.07, 6.45) is 1.58. The maximum atomic E-state index is 5.61. The monoisotopic (exact) mass is 230 g/mol. The summed E-state index contributed by atoms with van der Waals surface area (Å²) < 4.78 is 5.61. The van der Waals surface area contributed by atoms with Gasteiger partial charge >= 0.3 is 0 Å². The van der Waals surface area contributed by atoms with Gasteiger partial charge in [-0.2, -0.15) is 4.98 Å². The van der Waals surface area contributed by atoms with Crippen LogP contribution < -0.4 is 16.0 Å². The molecule has 0 aliphatic carbocycles. The number of nitrogens with two attached hydrogens (primary N) is 1. The van der Waals surface area contributed by atoms with E-state index in [1.807, 2.05) is 25.1 Å². The number of rotatable bonds is 3. The van der Waals surface area contributed by atoms with Gasteiger partial charge in [-0.3, -0.25) is 5.43 Å². The number of benzene rings is 1.